The van der Waals surface area contributed by atoms with Crippen LogP contribution in [0.15, 0.2) is 42.5 Å². The maximum absolute atomic E-state index is 12.4. The van der Waals surface area contributed by atoms with Crippen LogP contribution in [0.1, 0.15) is 48.2 Å². The highest BCUT2D eigenvalue weighted by Crippen LogP contribution is 2.26. The number of carboxylic acid groups (broad SMARTS) is 1. The molecule has 0 amide bonds. The third-order valence-corrected chi connectivity index (χ3v) is 4.09. The van der Waals surface area contributed by atoms with E-state index in [4.69, 9.17) is 16.3 Å². The zero-order valence-corrected chi connectivity index (χ0v) is 15.2. The summed E-state index contributed by atoms with van der Waals surface area (Å²) in [6, 6.07) is 12.0. The summed E-state index contributed by atoms with van der Waals surface area (Å²) in [5, 5.41) is 9.48. The highest BCUT2D eigenvalue weighted by atomic mass is 35.5. The van der Waals surface area contributed by atoms with Gasteiger partial charge in [0.05, 0.1) is 5.92 Å². The maximum Gasteiger partial charge on any atom is 0.339 e. The molecule has 0 fully saturated rings. The molecule has 0 aliphatic rings. The van der Waals surface area contributed by atoms with Crippen molar-refractivity contribution in [2.24, 2.45) is 5.92 Å². The molecule has 2 aromatic carbocycles. The first-order valence-electron chi connectivity index (χ1n) is 8.11. The normalized spacial score (nSPS) is 12.0. The average molecular weight is 361 g/mol. The molecule has 0 bridgehead atoms. The summed E-state index contributed by atoms with van der Waals surface area (Å²) in [6.45, 7) is 6.04. The topological polar surface area (TPSA) is 63.6 Å². The standard InChI is InChI=1S/C20H21ClO4/c1-12(2)10-14-4-6-15(7-5-14)13(3)20(24)25-18-9-8-16(21)11-17(18)19(22)23/h4-9,11-13H,10H2,1-3H3,(H,22,23). The van der Waals surface area contributed by atoms with Crippen LogP contribution in [0.4, 0.5) is 0 Å². The number of rotatable bonds is 6. The highest BCUT2D eigenvalue weighted by Gasteiger charge is 2.21. The minimum Gasteiger partial charge on any atom is -0.478 e. The van der Waals surface area contributed by atoms with E-state index in [2.05, 4.69) is 13.8 Å². The smallest absolute Gasteiger partial charge is 0.339 e. The second kappa shape index (κ2) is 8.17. The predicted octanol–water partition coefficient (Wildman–Crippen LogP) is 4.95. The number of aromatic carboxylic acids is 1. The Bertz CT molecular complexity index is 766. The van der Waals surface area contributed by atoms with Gasteiger partial charge in [0.15, 0.2) is 0 Å². The van der Waals surface area contributed by atoms with E-state index < -0.39 is 17.9 Å². The molecule has 25 heavy (non-hydrogen) atoms. The van der Waals surface area contributed by atoms with E-state index in [1.54, 1.807) is 6.92 Å². The number of carboxylic acids is 1. The highest BCUT2D eigenvalue weighted by molar-refractivity contribution is 6.31. The van der Waals surface area contributed by atoms with Gasteiger partial charge in [-0.3, -0.25) is 4.79 Å². The van der Waals surface area contributed by atoms with E-state index in [0.717, 1.165) is 12.0 Å². The Morgan fingerprint density at radius 1 is 1.08 bits per heavy atom. The summed E-state index contributed by atoms with van der Waals surface area (Å²) in [7, 11) is 0. The van der Waals surface area contributed by atoms with Crippen molar-refractivity contribution in [1.29, 1.82) is 0 Å². The maximum atomic E-state index is 12.4. The zero-order valence-electron chi connectivity index (χ0n) is 14.5. The Kier molecular flexibility index (Phi) is 6.21. The Labute approximate surface area is 152 Å². The van der Waals surface area contributed by atoms with Gasteiger partial charge in [-0.05, 0) is 48.6 Å². The van der Waals surface area contributed by atoms with Gasteiger partial charge in [0, 0.05) is 5.02 Å². The SMILES string of the molecule is CC(C)Cc1ccc(C(C)C(=O)Oc2ccc(Cl)cc2C(=O)O)cc1. The molecular weight excluding hydrogens is 340 g/mol. The number of benzene rings is 2. The van der Waals surface area contributed by atoms with Crippen molar-refractivity contribution in [2.45, 2.75) is 33.1 Å². The van der Waals surface area contributed by atoms with Gasteiger partial charge in [-0.2, -0.15) is 0 Å². The second-order valence-electron chi connectivity index (χ2n) is 6.43. The van der Waals surface area contributed by atoms with Gasteiger partial charge >= 0.3 is 11.9 Å². The molecule has 0 aromatic heterocycles. The van der Waals surface area contributed by atoms with Crippen LogP contribution >= 0.6 is 11.6 Å². The number of ether oxygens (including phenoxy) is 1. The Balaban J connectivity index is 2.14. The summed E-state index contributed by atoms with van der Waals surface area (Å²) in [4.78, 5) is 23.7. The van der Waals surface area contributed by atoms with Gasteiger partial charge in [-0.25, -0.2) is 4.79 Å². The van der Waals surface area contributed by atoms with Crippen molar-refractivity contribution < 1.29 is 19.4 Å². The molecular formula is C20H21ClO4. The Hall–Kier alpha value is -2.33. The molecule has 2 rings (SSSR count). The summed E-state index contributed by atoms with van der Waals surface area (Å²) < 4.78 is 5.29. The molecule has 1 N–H and O–H groups in total. The van der Waals surface area contributed by atoms with Crippen LogP contribution in [-0.4, -0.2) is 17.0 Å². The predicted molar refractivity (Wildman–Crippen MR) is 97.4 cm³/mol. The largest absolute Gasteiger partial charge is 0.478 e. The number of carbonyl (C=O) groups excluding carboxylic acids is 1. The van der Waals surface area contributed by atoms with Gasteiger partial charge < -0.3 is 9.84 Å². The molecule has 2 aromatic rings. The summed E-state index contributed by atoms with van der Waals surface area (Å²) in [5.74, 6) is -1.67. The molecule has 4 nitrogen and oxygen atoms in total. The van der Waals surface area contributed by atoms with Crippen molar-refractivity contribution in [3.63, 3.8) is 0 Å². The van der Waals surface area contributed by atoms with Crippen molar-refractivity contribution in [1.82, 2.24) is 0 Å². The second-order valence-corrected chi connectivity index (χ2v) is 6.86. The van der Waals surface area contributed by atoms with E-state index in [9.17, 15) is 14.7 Å². The zero-order chi connectivity index (χ0) is 18.6. The van der Waals surface area contributed by atoms with Crippen LogP contribution in [-0.2, 0) is 11.2 Å². The number of hydrogen-bond donors (Lipinski definition) is 1. The van der Waals surface area contributed by atoms with Crippen molar-refractivity contribution in [2.75, 3.05) is 0 Å². The third kappa shape index (κ3) is 5.07. The fourth-order valence-corrected chi connectivity index (χ4v) is 2.68. The van der Waals surface area contributed by atoms with Crippen LogP contribution in [0.3, 0.4) is 0 Å². The lowest BCUT2D eigenvalue weighted by Gasteiger charge is -2.14. The molecule has 1 unspecified atom stereocenters. The molecule has 0 saturated carbocycles. The molecule has 0 aliphatic carbocycles. The monoisotopic (exact) mass is 360 g/mol. The first kappa shape index (κ1) is 19.0. The first-order chi connectivity index (χ1) is 11.8. The number of esters is 1. The van der Waals surface area contributed by atoms with E-state index in [0.29, 0.717) is 5.92 Å². The molecule has 0 saturated heterocycles. The van der Waals surface area contributed by atoms with Gasteiger partial charge in [-0.15, -0.1) is 0 Å². The fraction of sp³-hybridized carbons (Fsp3) is 0.300. The van der Waals surface area contributed by atoms with Crippen molar-refractivity contribution >= 4 is 23.5 Å². The number of hydrogen-bond acceptors (Lipinski definition) is 3. The van der Waals surface area contributed by atoms with Crippen molar-refractivity contribution in [3.8, 4) is 5.75 Å². The van der Waals surface area contributed by atoms with Crippen LogP contribution in [0.5, 0.6) is 5.75 Å². The quantitative estimate of drug-likeness (QED) is 0.585. The van der Waals surface area contributed by atoms with E-state index >= 15 is 0 Å². The van der Waals surface area contributed by atoms with Crippen LogP contribution < -0.4 is 4.74 Å². The molecule has 5 heteroatoms. The minimum absolute atomic E-state index is 0.00909. The van der Waals surface area contributed by atoms with E-state index in [-0.39, 0.29) is 16.3 Å². The molecule has 0 aliphatic heterocycles. The van der Waals surface area contributed by atoms with Crippen LogP contribution in [0.2, 0.25) is 5.02 Å². The number of halogens is 1. The first-order valence-corrected chi connectivity index (χ1v) is 8.49. The third-order valence-electron chi connectivity index (χ3n) is 3.86. The number of carbonyl (C=O) groups is 2. The van der Waals surface area contributed by atoms with Crippen LogP contribution in [0, 0.1) is 5.92 Å². The van der Waals surface area contributed by atoms with Crippen molar-refractivity contribution in [3.05, 3.63) is 64.2 Å². The lowest BCUT2D eigenvalue weighted by atomic mass is 9.97. The molecule has 132 valence electrons. The lowest BCUT2D eigenvalue weighted by Crippen LogP contribution is -2.17. The average Bonchev–Trinajstić information content (AvgIpc) is 2.55. The van der Waals surface area contributed by atoms with E-state index in [1.807, 2.05) is 24.3 Å². The minimum atomic E-state index is -1.20. The summed E-state index contributed by atoms with van der Waals surface area (Å²) in [5.41, 5.74) is 1.90. The molecule has 0 spiro atoms. The van der Waals surface area contributed by atoms with Gasteiger partial charge in [-0.1, -0.05) is 49.7 Å². The molecule has 0 radical (unpaired) electrons. The van der Waals surface area contributed by atoms with Crippen LogP contribution in [0.25, 0.3) is 0 Å². The van der Waals surface area contributed by atoms with Gasteiger partial charge in [0.25, 0.3) is 0 Å². The molecule has 1 atom stereocenters. The Morgan fingerprint density at radius 3 is 2.28 bits per heavy atom. The Morgan fingerprint density at radius 2 is 1.72 bits per heavy atom. The summed E-state index contributed by atoms with van der Waals surface area (Å²) in [6.07, 6.45) is 0.978. The van der Waals surface area contributed by atoms with E-state index in [1.165, 1.54) is 23.8 Å². The summed E-state index contributed by atoms with van der Waals surface area (Å²) >= 11 is 5.80. The van der Waals surface area contributed by atoms with Gasteiger partial charge in [0.1, 0.15) is 11.3 Å². The van der Waals surface area contributed by atoms with Gasteiger partial charge in [0.2, 0.25) is 0 Å². The lowest BCUT2D eigenvalue weighted by molar-refractivity contribution is -0.135. The fourth-order valence-electron chi connectivity index (χ4n) is 2.50. The molecule has 0 heterocycles.